The molecule has 126 valence electrons. The first kappa shape index (κ1) is 16.4. The van der Waals surface area contributed by atoms with Crippen molar-refractivity contribution in [1.29, 1.82) is 0 Å². The number of carbonyl (C=O) groups is 1. The quantitative estimate of drug-likeness (QED) is 0.943. The second kappa shape index (κ2) is 6.99. The molecule has 5 heteroatoms. The first-order valence-electron chi connectivity index (χ1n) is 8.49. The Morgan fingerprint density at radius 2 is 1.88 bits per heavy atom. The lowest BCUT2D eigenvalue weighted by Gasteiger charge is -2.36. The SMILES string of the molecule is CC1CCCCC1N(C)C(=O)c1ccc(-c2ccncc2)[nH]c1=O. The molecule has 0 aliphatic heterocycles. The van der Waals surface area contributed by atoms with E-state index < -0.39 is 0 Å². The maximum Gasteiger partial charge on any atom is 0.261 e. The third-order valence-electron chi connectivity index (χ3n) is 5.02. The second-order valence-electron chi connectivity index (χ2n) is 6.60. The van der Waals surface area contributed by atoms with Crippen molar-refractivity contribution in [2.45, 2.75) is 38.6 Å². The molecule has 1 aliphatic rings. The van der Waals surface area contributed by atoms with Gasteiger partial charge in [0, 0.05) is 36.7 Å². The minimum atomic E-state index is -0.343. The topological polar surface area (TPSA) is 66.1 Å². The lowest BCUT2D eigenvalue weighted by Crippen LogP contribution is -2.44. The number of aromatic amines is 1. The molecule has 2 aromatic heterocycles. The molecule has 2 heterocycles. The van der Waals surface area contributed by atoms with Gasteiger partial charge in [-0.15, -0.1) is 0 Å². The second-order valence-corrected chi connectivity index (χ2v) is 6.60. The number of hydrogen-bond acceptors (Lipinski definition) is 3. The molecule has 0 aromatic carbocycles. The van der Waals surface area contributed by atoms with Crippen LogP contribution in [0.25, 0.3) is 11.3 Å². The first-order chi connectivity index (χ1) is 11.6. The van der Waals surface area contributed by atoms with Gasteiger partial charge in [0.05, 0.1) is 0 Å². The molecule has 2 atom stereocenters. The third-order valence-corrected chi connectivity index (χ3v) is 5.02. The number of hydrogen-bond donors (Lipinski definition) is 1. The summed E-state index contributed by atoms with van der Waals surface area (Å²) in [6.45, 7) is 2.18. The summed E-state index contributed by atoms with van der Waals surface area (Å²) in [5.74, 6) is 0.277. The number of carbonyl (C=O) groups excluding carboxylic acids is 1. The minimum Gasteiger partial charge on any atom is -0.338 e. The van der Waals surface area contributed by atoms with E-state index in [2.05, 4.69) is 16.9 Å². The molecule has 1 N–H and O–H groups in total. The highest BCUT2D eigenvalue weighted by molar-refractivity contribution is 5.94. The summed E-state index contributed by atoms with van der Waals surface area (Å²) >= 11 is 0. The summed E-state index contributed by atoms with van der Waals surface area (Å²) in [5.41, 5.74) is 1.42. The van der Waals surface area contributed by atoms with Gasteiger partial charge in [-0.05, 0) is 43.0 Å². The van der Waals surface area contributed by atoms with Gasteiger partial charge in [-0.1, -0.05) is 19.8 Å². The van der Waals surface area contributed by atoms with E-state index in [4.69, 9.17) is 0 Å². The van der Waals surface area contributed by atoms with Crippen LogP contribution >= 0.6 is 0 Å². The number of aromatic nitrogens is 2. The van der Waals surface area contributed by atoms with E-state index >= 15 is 0 Å². The highest BCUT2D eigenvalue weighted by Gasteiger charge is 2.29. The molecule has 3 rings (SSSR count). The highest BCUT2D eigenvalue weighted by Crippen LogP contribution is 2.28. The van der Waals surface area contributed by atoms with Gasteiger partial charge in [-0.25, -0.2) is 0 Å². The average molecular weight is 325 g/mol. The van der Waals surface area contributed by atoms with E-state index in [1.165, 1.54) is 6.42 Å². The normalized spacial score (nSPS) is 20.6. The predicted octanol–water partition coefficient (Wildman–Crippen LogP) is 3.09. The maximum absolute atomic E-state index is 12.8. The zero-order valence-corrected chi connectivity index (χ0v) is 14.2. The van der Waals surface area contributed by atoms with Crippen molar-refractivity contribution in [3.63, 3.8) is 0 Å². The van der Waals surface area contributed by atoms with Gasteiger partial charge < -0.3 is 9.88 Å². The number of pyridine rings is 2. The van der Waals surface area contributed by atoms with Gasteiger partial charge in [0.2, 0.25) is 0 Å². The van der Waals surface area contributed by atoms with Gasteiger partial charge in [0.1, 0.15) is 5.56 Å². The van der Waals surface area contributed by atoms with Crippen LogP contribution in [0.4, 0.5) is 0 Å². The summed E-state index contributed by atoms with van der Waals surface area (Å²) in [7, 11) is 1.81. The summed E-state index contributed by atoms with van der Waals surface area (Å²) < 4.78 is 0. The molecule has 5 nitrogen and oxygen atoms in total. The molecule has 24 heavy (non-hydrogen) atoms. The smallest absolute Gasteiger partial charge is 0.261 e. The van der Waals surface area contributed by atoms with Crippen LogP contribution in [0.5, 0.6) is 0 Å². The standard InChI is InChI=1S/C19H23N3O2/c1-13-5-3-4-6-17(13)22(2)19(24)15-7-8-16(21-18(15)23)14-9-11-20-12-10-14/h7-13,17H,3-6H2,1-2H3,(H,21,23). The molecule has 2 unspecified atom stereocenters. The number of rotatable bonds is 3. The zero-order chi connectivity index (χ0) is 17.1. The van der Waals surface area contributed by atoms with E-state index in [9.17, 15) is 9.59 Å². The summed E-state index contributed by atoms with van der Waals surface area (Å²) in [6, 6.07) is 7.26. The summed E-state index contributed by atoms with van der Waals surface area (Å²) in [5, 5.41) is 0. The average Bonchev–Trinajstić information content (AvgIpc) is 2.61. The largest absolute Gasteiger partial charge is 0.338 e. The van der Waals surface area contributed by atoms with Gasteiger partial charge in [-0.3, -0.25) is 14.6 Å². The Balaban J connectivity index is 1.84. The van der Waals surface area contributed by atoms with Gasteiger partial charge in [0.25, 0.3) is 11.5 Å². The Hall–Kier alpha value is -2.43. The van der Waals surface area contributed by atoms with Crippen molar-refractivity contribution >= 4 is 5.91 Å². The fourth-order valence-corrected chi connectivity index (χ4v) is 3.55. The van der Waals surface area contributed by atoms with E-state index in [0.29, 0.717) is 11.6 Å². The first-order valence-corrected chi connectivity index (χ1v) is 8.49. The minimum absolute atomic E-state index is 0.198. The molecule has 2 aromatic rings. The third kappa shape index (κ3) is 3.25. The lowest BCUT2D eigenvalue weighted by molar-refractivity contribution is 0.0627. The van der Waals surface area contributed by atoms with Gasteiger partial charge in [-0.2, -0.15) is 0 Å². The summed E-state index contributed by atoms with van der Waals surface area (Å²) in [6.07, 6.45) is 7.86. The number of nitrogens with one attached hydrogen (secondary N) is 1. The number of nitrogens with zero attached hydrogens (tertiary/aromatic N) is 2. The Morgan fingerprint density at radius 1 is 1.17 bits per heavy atom. The van der Waals surface area contributed by atoms with Gasteiger partial charge >= 0.3 is 0 Å². The van der Waals surface area contributed by atoms with Crippen molar-refractivity contribution < 1.29 is 4.79 Å². The molecule has 1 amide bonds. The molecule has 0 bridgehead atoms. The van der Waals surface area contributed by atoms with Crippen molar-refractivity contribution in [1.82, 2.24) is 14.9 Å². The molecule has 0 saturated heterocycles. The summed E-state index contributed by atoms with van der Waals surface area (Å²) in [4.78, 5) is 33.7. The number of amides is 1. The fourth-order valence-electron chi connectivity index (χ4n) is 3.55. The molecule has 1 aliphatic carbocycles. The van der Waals surface area contributed by atoms with Crippen LogP contribution in [0.2, 0.25) is 0 Å². The highest BCUT2D eigenvalue weighted by atomic mass is 16.2. The van der Waals surface area contributed by atoms with Crippen LogP contribution < -0.4 is 5.56 Å². The molecule has 0 spiro atoms. The van der Waals surface area contributed by atoms with Crippen molar-refractivity contribution in [2.75, 3.05) is 7.05 Å². The zero-order valence-electron chi connectivity index (χ0n) is 14.2. The molecular weight excluding hydrogens is 302 g/mol. The van der Waals surface area contributed by atoms with Crippen LogP contribution in [0.15, 0.2) is 41.5 Å². The lowest BCUT2D eigenvalue weighted by atomic mass is 9.85. The van der Waals surface area contributed by atoms with E-state index in [1.54, 1.807) is 29.4 Å². The monoisotopic (exact) mass is 325 g/mol. The van der Waals surface area contributed by atoms with Gasteiger partial charge in [0.15, 0.2) is 0 Å². The molecule has 0 radical (unpaired) electrons. The van der Waals surface area contributed by atoms with Crippen LogP contribution in [0.3, 0.4) is 0 Å². The van der Waals surface area contributed by atoms with Crippen LogP contribution in [0, 0.1) is 5.92 Å². The van der Waals surface area contributed by atoms with E-state index in [-0.39, 0.29) is 23.1 Å². The van der Waals surface area contributed by atoms with Crippen molar-refractivity contribution in [3.8, 4) is 11.3 Å². The Bertz CT molecular complexity index is 770. The van der Waals surface area contributed by atoms with Crippen LogP contribution in [0.1, 0.15) is 43.0 Å². The predicted molar refractivity (Wildman–Crippen MR) is 93.8 cm³/mol. The van der Waals surface area contributed by atoms with E-state index in [0.717, 1.165) is 24.8 Å². The Labute approximate surface area is 141 Å². The molecular formula is C19H23N3O2. The molecule has 1 saturated carbocycles. The van der Waals surface area contributed by atoms with E-state index in [1.807, 2.05) is 19.2 Å². The Kier molecular flexibility index (Phi) is 4.79. The van der Waals surface area contributed by atoms with Crippen LogP contribution in [-0.4, -0.2) is 33.9 Å². The van der Waals surface area contributed by atoms with Crippen molar-refractivity contribution in [2.24, 2.45) is 5.92 Å². The van der Waals surface area contributed by atoms with Crippen LogP contribution in [-0.2, 0) is 0 Å². The maximum atomic E-state index is 12.8. The number of H-pyrrole nitrogens is 1. The Morgan fingerprint density at radius 3 is 2.54 bits per heavy atom. The molecule has 1 fully saturated rings. The van der Waals surface area contributed by atoms with Crippen molar-refractivity contribution in [3.05, 3.63) is 52.6 Å². The fraction of sp³-hybridized carbons (Fsp3) is 0.421.